The molecule has 1 aromatic carbocycles. The van der Waals surface area contributed by atoms with E-state index in [0.717, 1.165) is 32.1 Å². The van der Waals surface area contributed by atoms with Gasteiger partial charge >= 0.3 is 0 Å². The molecule has 2 rings (SSSR count). The summed E-state index contributed by atoms with van der Waals surface area (Å²) in [7, 11) is 0. The van der Waals surface area contributed by atoms with Gasteiger partial charge in [-0.25, -0.2) is 5.48 Å². The van der Waals surface area contributed by atoms with Crippen LogP contribution in [0, 0.1) is 11.8 Å². The van der Waals surface area contributed by atoms with Crippen LogP contribution in [-0.4, -0.2) is 28.2 Å². The summed E-state index contributed by atoms with van der Waals surface area (Å²) in [5.41, 5.74) is 2.25. The van der Waals surface area contributed by atoms with Crippen molar-refractivity contribution in [3.05, 3.63) is 29.3 Å². The number of amides is 2. The van der Waals surface area contributed by atoms with E-state index in [4.69, 9.17) is 16.8 Å². The maximum absolute atomic E-state index is 12.2. The van der Waals surface area contributed by atoms with Gasteiger partial charge in [0.25, 0.3) is 5.91 Å². The van der Waals surface area contributed by atoms with E-state index in [1.165, 1.54) is 25.7 Å². The summed E-state index contributed by atoms with van der Waals surface area (Å²) in [6.07, 6.45) is 9.51. The van der Waals surface area contributed by atoms with E-state index >= 15 is 0 Å². The molecule has 1 saturated carbocycles. The molecule has 3 unspecified atom stereocenters. The topological polar surface area (TPSA) is 98.7 Å². The monoisotopic (exact) mass is 424 g/mol. The number of hydrogen-bond donors (Lipinski definition) is 4. The van der Waals surface area contributed by atoms with Gasteiger partial charge in [-0.3, -0.25) is 14.8 Å². The molecule has 4 N–H and O–H groups in total. The second-order valence-electron chi connectivity index (χ2n) is 8.03. The van der Waals surface area contributed by atoms with Crippen molar-refractivity contribution in [3.8, 4) is 0 Å². The van der Waals surface area contributed by atoms with Gasteiger partial charge < -0.3 is 10.4 Å². The van der Waals surface area contributed by atoms with Crippen LogP contribution in [0.3, 0.4) is 0 Å². The Morgan fingerprint density at radius 3 is 2.55 bits per heavy atom. The molecular formula is C22H33ClN2O4. The fraction of sp³-hybridized carbons (Fsp3) is 0.636. The number of carbonyl (C=O) groups is 2. The largest absolute Gasteiger partial charge is 0.383 e. The van der Waals surface area contributed by atoms with Crippen molar-refractivity contribution in [1.82, 2.24) is 5.48 Å². The van der Waals surface area contributed by atoms with Gasteiger partial charge in [0.2, 0.25) is 5.91 Å². The number of anilines is 1. The number of aliphatic hydroxyl groups excluding tert-OH is 1. The van der Waals surface area contributed by atoms with Gasteiger partial charge in [0.1, 0.15) is 6.10 Å². The SMILES string of the molecule is O=C(CCCCCCC1CCCC1CCC(O)C(=O)Nc1cccc(Cl)c1)NO. The molecule has 0 bridgehead atoms. The van der Waals surface area contributed by atoms with Crippen molar-refractivity contribution in [2.45, 2.75) is 76.7 Å². The minimum Gasteiger partial charge on any atom is -0.383 e. The summed E-state index contributed by atoms with van der Waals surface area (Å²) in [5.74, 6) is 0.537. The number of hydrogen-bond acceptors (Lipinski definition) is 4. The maximum Gasteiger partial charge on any atom is 0.253 e. The molecule has 1 fully saturated rings. The molecule has 0 aromatic heterocycles. The third-order valence-corrected chi connectivity index (χ3v) is 6.11. The molecular weight excluding hydrogens is 392 g/mol. The van der Waals surface area contributed by atoms with E-state index in [-0.39, 0.29) is 11.8 Å². The Bertz CT molecular complexity index is 655. The van der Waals surface area contributed by atoms with Crippen LogP contribution >= 0.6 is 11.6 Å². The van der Waals surface area contributed by atoms with Crippen LogP contribution in [0.25, 0.3) is 0 Å². The zero-order valence-electron chi connectivity index (χ0n) is 16.9. The first-order valence-electron chi connectivity index (χ1n) is 10.7. The molecule has 6 nitrogen and oxygen atoms in total. The summed E-state index contributed by atoms with van der Waals surface area (Å²) in [6.45, 7) is 0. The first-order chi connectivity index (χ1) is 14.0. The molecule has 0 spiro atoms. The van der Waals surface area contributed by atoms with Crippen LogP contribution in [0.2, 0.25) is 5.02 Å². The predicted octanol–water partition coefficient (Wildman–Crippen LogP) is 4.68. The van der Waals surface area contributed by atoms with E-state index in [2.05, 4.69) is 5.32 Å². The Balaban J connectivity index is 1.64. The number of nitrogens with one attached hydrogen (secondary N) is 2. The van der Waals surface area contributed by atoms with Gasteiger partial charge in [0, 0.05) is 17.1 Å². The van der Waals surface area contributed by atoms with E-state index in [1.807, 2.05) is 0 Å². The molecule has 162 valence electrons. The van der Waals surface area contributed by atoms with Gasteiger partial charge in [-0.05, 0) is 49.3 Å². The Morgan fingerprint density at radius 2 is 1.83 bits per heavy atom. The average molecular weight is 425 g/mol. The standard InChI is InChI=1S/C22H33ClN2O4/c23-18-10-6-11-19(15-18)24-22(28)20(26)14-13-17-9-5-8-16(17)7-3-1-2-4-12-21(27)25-29/h6,10-11,15-17,20,26,29H,1-5,7-9,12-14H2,(H,24,28)(H,25,27). The fourth-order valence-corrected chi connectivity index (χ4v) is 4.46. The quantitative estimate of drug-likeness (QED) is 0.222. The highest BCUT2D eigenvalue weighted by molar-refractivity contribution is 6.30. The van der Waals surface area contributed by atoms with Gasteiger partial charge in [0.05, 0.1) is 0 Å². The Morgan fingerprint density at radius 1 is 1.10 bits per heavy atom. The number of carbonyl (C=O) groups excluding carboxylic acids is 2. The van der Waals surface area contributed by atoms with Crippen LogP contribution in [0.4, 0.5) is 5.69 Å². The molecule has 1 aliphatic carbocycles. The van der Waals surface area contributed by atoms with Crippen LogP contribution in [-0.2, 0) is 9.59 Å². The van der Waals surface area contributed by atoms with E-state index in [9.17, 15) is 14.7 Å². The Hall–Kier alpha value is -1.63. The van der Waals surface area contributed by atoms with Crippen LogP contribution < -0.4 is 10.8 Å². The number of rotatable bonds is 12. The molecule has 2 amide bonds. The number of hydroxylamine groups is 1. The van der Waals surface area contributed by atoms with Gasteiger partial charge in [-0.1, -0.05) is 62.6 Å². The lowest BCUT2D eigenvalue weighted by atomic mass is 9.86. The summed E-state index contributed by atoms with van der Waals surface area (Å²) >= 11 is 5.92. The van der Waals surface area contributed by atoms with Crippen molar-refractivity contribution in [2.75, 3.05) is 5.32 Å². The number of aliphatic hydroxyl groups is 1. The molecule has 3 atom stereocenters. The smallest absolute Gasteiger partial charge is 0.253 e. The van der Waals surface area contributed by atoms with Crippen molar-refractivity contribution in [1.29, 1.82) is 0 Å². The normalized spacial score (nSPS) is 19.7. The zero-order chi connectivity index (χ0) is 21.1. The van der Waals surface area contributed by atoms with E-state index in [0.29, 0.717) is 35.4 Å². The molecule has 1 aliphatic rings. The predicted molar refractivity (Wildman–Crippen MR) is 114 cm³/mol. The molecule has 0 heterocycles. The van der Waals surface area contributed by atoms with Crippen molar-refractivity contribution in [3.63, 3.8) is 0 Å². The fourth-order valence-electron chi connectivity index (χ4n) is 4.27. The molecule has 0 saturated heterocycles. The van der Waals surface area contributed by atoms with Crippen molar-refractivity contribution in [2.24, 2.45) is 11.8 Å². The zero-order valence-corrected chi connectivity index (χ0v) is 17.7. The average Bonchev–Trinajstić information content (AvgIpc) is 3.15. The van der Waals surface area contributed by atoms with Crippen LogP contribution in [0.5, 0.6) is 0 Å². The highest BCUT2D eigenvalue weighted by Crippen LogP contribution is 2.38. The van der Waals surface area contributed by atoms with Crippen molar-refractivity contribution >= 4 is 29.1 Å². The van der Waals surface area contributed by atoms with E-state index < -0.39 is 6.10 Å². The summed E-state index contributed by atoms with van der Waals surface area (Å²) in [4.78, 5) is 23.2. The number of benzene rings is 1. The second-order valence-corrected chi connectivity index (χ2v) is 8.47. The van der Waals surface area contributed by atoms with Crippen LogP contribution in [0.15, 0.2) is 24.3 Å². The molecule has 29 heavy (non-hydrogen) atoms. The van der Waals surface area contributed by atoms with Gasteiger partial charge in [-0.2, -0.15) is 0 Å². The minimum atomic E-state index is -1.01. The van der Waals surface area contributed by atoms with Gasteiger partial charge in [0.15, 0.2) is 0 Å². The third-order valence-electron chi connectivity index (χ3n) is 5.88. The second kappa shape index (κ2) is 12.8. The summed E-state index contributed by atoms with van der Waals surface area (Å²) in [6, 6.07) is 6.91. The van der Waals surface area contributed by atoms with Crippen molar-refractivity contribution < 1.29 is 19.9 Å². The maximum atomic E-state index is 12.2. The Kier molecular flexibility index (Phi) is 10.5. The number of halogens is 1. The molecule has 1 aromatic rings. The third kappa shape index (κ3) is 8.72. The summed E-state index contributed by atoms with van der Waals surface area (Å²) in [5, 5.41) is 22.0. The Labute approximate surface area is 178 Å². The highest BCUT2D eigenvalue weighted by Gasteiger charge is 2.28. The van der Waals surface area contributed by atoms with Crippen LogP contribution in [0.1, 0.15) is 70.6 Å². The summed E-state index contributed by atoms with van der Waals surface area (Å²) < 4.78 is 0. The first kappa shape index (κ1) is 23.6. The lowest BCUT2D eigenvalue weighted by Crippen LogP contribution is -2.28. The molecule has 0 aliphatic heterocycles. The lowest BCUT2D eigenvalue weighted by molar-refractivity contribution is -0.129. The minimum absolute atomic E-state index is 0.321. The van der Waals surface area contributed by atoms with Gasteiger partial charge in [-0.15, -0.1) is 0 Å². The first-order valence-corrected chi connectivity index (χ1v) is 11.0. The lowest BCUT2D eigenvalue weighted by Gasteiger charge is -2.21. The molecule has 7 heteroatoms. The number of unbranched alkanes of at least 4 members (excludes halogenated alkanes) is 3. The molecule has 0 radical (unpaired) electrons. The van der Waals surface area contributed by atoms with E-state index in [1.54, 1.807) is 29.7 Å². The highest BCUT2D eigenvalue weighted by atomic mass is 35.5.